The summed E-state index contributed by atoms with van der Waals surface area (Å²) >= 11 is 3.36. The SMILES string of the molecule is Cn1c(=O)c(C(=O)CS(=O)(=O)O)c2c3c(c(Br)ccc31)C(=O)c1ccccc1-2. The average molecular weight is 462 g/mol. The van der Waals surface area contributed by atoms with Crippen molar-refractivity contribution in [3.05, 3.63) is 67.9 Å². The molecule has 0 saturated heterocycles. The molecule has 4 rings (SSSR count). The highest BCUT2D eigenvalue weighted by molar-refractivity contribution is 9.10. The predicted octanol–water partition coefficient (Wildman–Crippen LogP) is 2.58. The minimum Gasteiger partial charge on any atom is -0.311 e. The van der Waals surface area contributed by atoms with Crippen LogP contribution in [0.3, 0.4) is 0 Å². The van der Waals surface area contributed by atoms with E-state index in [2.05, 4.69) is 15.9 Å². The largest absolute Gasteiger partial charge is 0.311 e. The second-order valence-corrected chi connectivity index (χ2v) is 8.76. The number of hydrogen-bond acceptors (Lipinski definition) is 5. The van der Waals surface area contributed by atoms with Crippen molar-refractivity contribution in [2.75, 3.05) is 5.75 Å². The number of fused-ring (bicyclic) bond motifs is 2. The van der Waals surface area contributed by atoms with Crippen LogP contribution in [0.15, 0.2) is 45.7 Å². The summed E-state index contributed by atoms with van der Waals surface area (Å²) in [6.07, 6.45) is 0. The van der Waals surface area contributed by atoms with Crippen LogP contribution in [-0.2, 0) is 17.2 Å². The zero-order chi connectivity index (χ0) is 20.4. The third kappa shape index (κ3) is 2.66. The van der Waals surface area contributed by atoms with Crippen LogP contribution in [0.4, 0.5) is 0 Å². The summed E-state index contributed by atoms with van der Waals surface area (Å²) in [5.41, 5.74) is 0.544. The number of nitrogens with zero attached hydrogens (tertiary/aromatic N) is 1. The number of benzene rings is 2. The molecule has 0 unspecified atom stereocenters. The molecule has 1 N–H and O–H groups in total. The van der Waals surface area contributed by atoms with Crippen LogP contribution in [0.1, 0.15) is 26.3 Å². The lowest BCUT2D eigenvalue weighted by Crippen LogP contribution is -2.31. The van der Waals surface area contributed by atoms with E-state index in [1.807, 2.05) is 0 Å². The number of rotatable bonds is 3. The Morgan fingerprint density at radius 1 is 1.07 bits per heavy atom. The van der Waals surface area contributed by atoms with E-state index in [1.54, 1.807) is 36.4 Å². The molecule has 1 aliphatic rings. The van der Waals surface area contributed by atoms with Crippen molar-refractivity contribution >= 4 is 48.5 Å². The normalized spacial score (nSPS) is 12.9. The van der Waals surface area contributed by atoms with Gasteiger partial charge in [0.15, 0.2) is 11.6 Å². The molecule has 0 fully saturated rings. The fourth-order valence-electron chi connectivity index (χ4n) is 3.63. The van der Waals surface area contributed by atoms with Crippen LogP contribution in [-0.4, -0.2) is 34.9 Å². The number of hydrogen-bond donors (Lipinski definition) is 1. The summed E-state index contributed by atoms with van der Waals surface area (Å²) in [5.74, 6) is -2.53. The Labute approximate surface area is 167 Å². The molecule has 0 saturated carbocycles. The van der Waals surface area contributed by atoms with Crippen molar-refractivity contribution in [2.45, 2.75) is 0 Å². The zero-order valence-corrected chi connectivity index (χ0v) is 16.8. The van der Waals surface area contributed by atoms with Gasteiger partial charge in [-0.1, -0.05) is 40.2 Å². The van der Waals surface area contributed by atoms with E-state index >= 15 is 0 Å². The number of aryl methyl sites for hydroxylation is 1. The molecule has 142 valence electrons. The number of carbonyl (C=O) groups is 2. The van der Waals surface area contributed by atoms with E-state index in [1.165, 1.54) is 11.6 Å². The van der Waals surface area contributed by atoms with Gasteiger partial charge >= 0.3 is 0 Å². The maximum Gasteiger partial charge on any atom is 0.272 e. The van der Waals surface area contributed by atoms with E-state index in [4.69, 9.17) is 4.55 Å². The first-order chi connectivity index (χ1) is 13.1. The topological polar surface area (TPSA) is 111 Å². The van der Waals surface area contributed by atoms with Crippen LogP contribution in [0.5, 0.6) is 0 Å². The Hall–Kier alpha value is -2.62. The summed E-state index contributed by atoms with van der Waals surface area (Å²) in [4.78, 5) is 38.8. The maximum absolute atomic E-state index is 13.1. The van der Waals surface area contributed by atoms with Gasteiger partial charge in [0.25, 0.3) is 15.7 Å². The molecule has 1 aromatic heterocycles. The smallest absolute Gasteiger partial charge is 0.272 e. The molecule has 0 spiro atoms. The van der Waals surface area contributed by atoms with Gasteiger partial charge < -0.3 is 4.57 Å². The second kappa shape index (κ2) is 6.20. The van der Waals surface area contributed by atoms with Crippen LogP contribution in [0, 0.1) is 0 Å². The first-order valence-corrected chi connectivity index (χ1v) is 10.5. The molecule has 0 atom stereocenters. The van der Waals surface area contributed by atoms with Crippen molar-refractivity contribution in [1.82, 2.24) is 4.57 Å². The fraction of sp³-hybridized carbons (Fsp3) is 0.105. The Bertz CT molecular complexity index is 1390. The van der Waals surface area contributed by atoms with Crippen LogP contribution in [0.25, 0.3) is 22.0 Å². The predicted molar refractivity (Wildman–Crippen MR) is 107 cm³/mol. The van der Waals surface area contributed by atoms with E-state index in [9.17, 15) is 22.8 Å². The quantitative estimate of drug-likeness (QED) is 0.370. The van der Waals surface area contributed by atoms with Gasteiger partial charge in [-0.15, -0.1) is 0 Å². The van der Waals surface area contributed by atoms with Crippen molar-refractivity contribution in [1.29, 1.82) is 0 Å². The van der Waals surface area contributed by atoms with Gasteiger partial charge in [0.2, 0.25) is 0 Å². The number of Topliss-reactive ketones (excluding diaryl/α,β-unsaturated/α-hetero) is 1. The van der Waals surface area contributed by atoms with Gasteiger partial charge in [0.1, 0.15) is 5.75 Å². The molecule has 28 heavy (non-hydrogen) atoms. The number of aromatic nitrogens is 1. The molecule has 1 aliphatic carbocycles. The standard InChI is InChI=1S/C19H12BrNO6S/c1-21-12-7-6-11(20)15-16(12)14(9-4-2-3-5-10(9)18(15)23)17(19(21)24)13(22)8-28(25,26)27/h2-7H,8H2,1H3,(H,25,26,27). The minimum atomic E-state index is -4.64. The summed E-state index contributed by atoms with van der Waals surface area (Å²) in [6, 6.07) is 9.81. The molecule has 0 bridgehead atoms. The summed E-state index contributed by atoms with van der Waals surface area (Å²) < 4.78 is 33.4. The maximum atomic E-state index is 13.1. The van der Waals surface area contributed by atoms with E-state index in [0.29, 0.717) is 32.1 Å². The third-order valence-electron chi connectivity index (χ3n) is 4.77. The highest BCUT2D eigenvalue weighted by atomic mass is 79.9. The van der Waals surface area contributed by atoms with Crippen molar-refractivity contribution < 1.29 is 22.6 Å². The lowest BCUT2D eigenvalue weighted by molar-refractivity contribution is 0.101. The molecule has 0 radical (unpaired) electrons. The molecular formula is C19H12BrNO6S. The Balaban J connectivity index is 2.27. The van der Waals surface area contributed by atoms with E-state index in [-0.39, 0.29) is 16.9 Å². The number of halogens is 1. The average Bonchev–Trinajstić information content (AvgIpc) is 2.61. The molecule has 2 aromatic carbocycles. The van der Waals surface area contributed by atoms with E-state index in [0.717, 1.165) is 0 Å². The van der Waals surface area contributed by atoms with Crippen LogP contribution in [0.2, 0.25) is 0 Å². The van der Waals surface area contributed by atoms with Gasteiger partial charge in [-0.25, -0.2) is 0 Å². The van der Waals surface area contributed by atoms with Gasteiger partial charge in [0, 0.05) is 33.6 Å². The summed E-state index contributed by atoms with van der Waals surface area (Å²) in [5, 5.41) is 0.388. The molecule has 9 heteroatoms. The van der Waals surface area contributed by atoms with Crippen LogP contribution < -0.4 is 5.56 Å². The molecule has 0 amide bonds. The molecule has 3 aromatic rings. The summed E-state index contributed by atoms with van der Waals surface area (Å²) in [7, 11) is -3.20. The molecule has 1 heterocycles. The highest BCUT2D eigenvalue weighted by Gasteiger charge is 2.33. The molecule has 7 nitrogen and oxygen atoms in total. The first-order valence-electron chi connectivity index (χ1n) is 8.09. The fourth-order valence-corrected chi connectivity index (χ4v) is 4.62. The second-order valence-electron chi connectivity index (χ2n) is 6.45. The van der Waals surface area contributed by atoms with Crippen molar-refractivity contribution in [2.24, 2.45) is 7.05 Å². The van der Waals surface area contributed by atoms with Gasteiger partial charge in [-0.3, -0.25) is 18.9 Å². The van der Waals surface area contributed by atoms with E-state index < -0.39 is 27.2 Å². The van der Waals surface area contributed by atoms with Crippen molar-refractivity contribution in [3.63, 3.8) is 0 Å². The minimum absolute atomic E-state index is 0.207. The Morgan fingerprint density at radius 3 is 2.36 bits per heavy atom. The Morgan fingerprint density at radius 2 is 1.71 bits per heavy atom. The van der Waals surface area contributed by atoms with Gasteiger partial charge in [0.05, 0.1) is 11.1 Å². The highest BCUT2D eigenvalue weighted by Crippen LogP contribution is 2.42. The van der Waals surface area contributed by atoms with Gasteiger partial charge in [-0.2, -0.15) is 8.42 Å². The lowest BCUT2D eigenvalue weighted by atomic mass is 9.81. The van der Waals surface area contributed by atoms with Crippen LogP contribution >= 0.6 is 15.9 Å². The lowest BCUT2D eigenvalue weighted by Gasteiger charge is -2.24. The molecular weight excluding hydrogens is 450 g/mol. The summed E-state index contributed by atoms with van der Waals surface area (Å²) in [6.45, 7) is 0. The Kier molecular flexibility index (Phi) is 4.14. The zero-order valence-electron chi connectivity index (χ0n) is 14.4. The van der Waals surface area contributed by atoms with Gasteiger partial charge in [-0.05, 0) is 17.7 Å². The van der Waals surface area contributed by atoms with Crippen molar-refractivity contribution in [3.8, 4) is 11.1 Å². The molecule has 0 aliphatic heterocycles. The third-order valence-corrected chi connectivity index (χ3v) is 6.06. The number of carbonyl (C=O) groups excluding carboxylic acids is 2. The number of pyridine rings is 1. The number of ketones is 2. The monoisotopic (exact) mass is 461 g/mol. The first kappa shape index (κ1) is 18.7.